The molecular weight excluding hydrogens is 380 g/mol. The summed E-state index contributed by atoms with van der Waals surface area (Å²) >= 11 is 0. The molecule has 4 rings (SSSR count). The smallest absolute Gasteiger partial charge is 0.270 e. The van der Waals surface area contributed by atoms with E-state index in [1.165, 1.54) is 24.9 Å². The summed E-state index contributed by atoms with van der Waals surface area (Å²) in [5, 5.41) is 2.92. The molecule has 1 amide bonds. The number of nitrogens with zero attached hydrogens (tertiary/aromatic N) is 3. The van der Waals surface area contributed by atoms with Gasteiger partial charge in [-0.15, -0.1) is 0 Å². The molecule has 1 fully saturated rings. The normalized spacial score (nSPS) is 14.0. The van der Waals surface area contributed by atoms with E-state index in [0.717, 1.165) is 18.8 Å². The third-order valence-corrected chi connectivity index (χ3v) is 5.43. The van der Waals surface area contributed by atoms with Gasteiger partial charge in [0.2, 0.25) is 0 Å². The van der Waals surface area contributed by atoms with Crippen LogP contribution >= 0.6 is 0 Å². The summed E-state index contributed by atoms with van der Waals surface area (Å²) in [6, 6.07) is 11.9. The van der Waals surface area contributed by atoms with Crippen molar-refractivity contribution >= 4 is 17.2 Å². The number of hydrogen-bond donors (Lipinski definition) is 1. The fourth-order valence-corrected chi connectivity index (χ4v) is 3.86. The van der Waals surface area contributed by atoms with Crippen molar-refractivity contribution in [1.82, 2.24) is 14.7 Å². The Hall–Kier alpha value is -3.22. The van der Waals surface area contributed by atoms with Crippen LogP contribution in [0.5, 0.6) is 11.5 Å². The second-order valence-corrected chi connectivity index (χ2v) is 7.49. The molecule has 0 atom stereocenters. The van der Waals surface area contributed by atoms with Crippen LogP contribution < -0.4 is 19.7 Å². The lowest BCUT2D eigenvalue weighted by molar-refractivity contribution is 0.0940. The molecule has 1 saturated heterocycles. The summed E-state index contributed by atoms with van der Waals surface area (Å²) in [5.74, 6) is 1.29. The average molecular weight is 409 g/mol. The third kappa shape index (κ3) is 4.35. The van der Waals surface area contributed by atoms with Gasteiger partial charge in [0.25, 0.3) is 5.91 Å². The zero-order chi connectivity index (χ0) is 20.9. The summed E-state index contributed by atoms with van der Waals surface area (Å²) in [7, 11) is 1.60. The van der Waals surface area contributed by atoms with Crippen molar-refractivity contribution in [2.75, 3.05) is 38.3 Å². The van der Waals surface area contributed by atoms with Gasteiger partial charge in [0.05, 0.1) is 25.5 Å². The molecule has 1 aliphatic rings. The number of rotatable bonds is 7. The molecule has 30 heavy (non-hydrogen) atoms. The summed E-state index contributed by atoms with van der Waals surface area (Å²) < 4.78 is 12.8. The predicted molar refractivity (Wildman–Crippen MR) is 117 cm³/mol. The monoisotopic (exact) mass is 408 g/mol. The highest BCUT2D eigenvalue weighted by molar-refractivity contribution is 5.94. The number of imidazole rings is 1. The summed E-state index contributed by atoms with van der Waals surface area (Å²) in [4.78, 5) is 19.6. The lowest BCUT2D eigenvalue weighted by atomic mass is 10.1. The standard InChI is InChI=1S/C23H28N4O3/c1-17-22(27-16-20(29-2)10-11-21(27)25-17)23(28)24-12-15-30-19-8-6-18(7-9-19)26-13-4-3-5-14-26/h6-11,16H,3-5,12-15H2,1-2H3,(H,24,28). The zero-order valence-electron chi connectivity index (χ0n) is 17.6. The molecule has 7 nitrogen and oxygen atoms in total. The molecule has 3 aromatic rings. The number of carbonyl (C=O) groups is 1. The number of anilines is 1. The van der Waals surface area contributed by atoms with Crippen molar-refractivity contribution in [1.29, 1.82) is 0 Å². The van der Waals surface area contributed by atoms with Crippen molar-refractivity contribution < 1.29 is 14.3 Å². The van der Waals surface area contributed by atoms with Crippen LogP contribution in [0.4, 0.5) is 5.69 Å². The van der Waals surface area contributed by atoms with Crippen LogP contribution in [0, 0.1) is 6.92 Å². The van der Waals surface area contributed by atoms with Gasteiger partial charge in [-0.05, 0) is 62.6 Å². The quantitative estimate of drug-likeness (QED) is 0.607. The summed E-state index contributed by atoms with van der Waals surface area (Å²) in [5.41, 5.74) is 3.14. The molecule has 2 aromatic heterocycles. The Morgan fingerprint density at radius 1 is 1.07 bits per heavy atom. The molecule has 0 unspecified atom stereocenters. The average Bonchev–Trinajstić information content (AvgIpc) is 3.12. The maximum Gasteiger partial charge on any atom is 0.270 e. The van der Waals surface area contributed by atoms with Gasteiger partial charge in [-0.1, -0.05) is 0 Å². The minimum atomic E-state index is -0.183. The fourth-order valence-electron chi connectivity index (χ4n) is 3.86. The summed E-state index contributed by atoms with van der Waals surface area (Å²) in [6.45, 7) is 4.88. The lowest BCUT2D eigenvalue weighted by Gasteiger charge is -2.28. The fraction of sp³-hybridized carbons (Fsp3) is 0.391. The van der Waals surface area contributed by atoms with Gasteiger partial charge < -0.3 is 19.7 Å². The Morgan fingerprint density at radius 2 is 1.80 bits per heavy atom. The Kier molecular flexibility index (Phi) is 6.07. The minimum Gasteiger partial charge on any atom is -0.495 e. The van der Waals surface area contributed by atoms with E-state index in [1.807, 2.05) is 31.2 Å². The van der Waals surface area contributed by atoms with Crippen LogP contribution in [-0.2, 0) is 0 Å². The number of hydrogen-bond acceptors (Lipinski definition) is 5. The van der Waals surface area contributed by atoms with Crippen LogP contribution in [0.1, 0.15) is 35.4 Å². The van der Waals surface area contributed by atoms with E-state index in [1.54, 1.807) is 17.7 Å². The Labute approximate surface area is 176 Å². The topological polar surface area (TPSA) is 68.1 Å². The number of carbonyl (C=O) groups excluding carboxylic acids is 1. The number of fused-ring (bicyclic) bond motifs is 1. The number of ether oxygens (including phenoxy) is 2. The van der Waals surface area contributed by atoms with Gasteiger partial charge in [0, 0.05) is 18.8 Å². The number of piperidine rings is 1. The Bertz CT molecular complexity index is 1010. The summed E-state index contributed by atoms with van der Waals surface area (Å²) in [6.07, 6.45) is 5.61. The van der Waals surface area contributed by atoms with Gasteiger partial charge in [0.1, 0.15) is 29.4 Å². The molecule has 0 radical (unpaired) electrons. The Morgan fingerprint density at radius 3 is 2.53 bits per heavy atom. The number of pyridine rings is 1. The predicted octanol–water partition coefficient (Wildman–Crippen LogP) is 3.45. The van der Waals surface area contributed by atoms with Crippen molar-refractivity contribution in [2.45, 2.75) is 26.2 Å². The van der Waals surface area contributed by atoms with Crippen molar-refractivity contribution in [3.05, 3.63) is 54.0 Å². The SMILES string of the molecule is COc1ccc2nc(C)c(C(=O)NCCOc3ccc(N4CCCCC4)cc3)n2c1. The number of benzene rings is 1. The highest BCUT2D eigenvalue weighted by Crippen LogP contribution is 2.22. The van der Waals surface area contributed by atoms with Gasteiger partial charge >= 0.3 is 0 Å². The van der Waals surface area contributed by atoms with E-state index < -0.39 is 0 Å². The number of amides is 1. The van der Waals surface area contributed by atoms with Gasteiger partial charge in [-0.3, -0.25) is 9.20 Å². The lowest BCUT2D eigenvalue weighted by Crippen LogP contribution is -2.29. The van der Waals surface area contributed by atoms with Crippen molar-refractivity contribution in [2.24, 2.45) is 0 Å². The van der Waals surface area contributed by atoms with E-state index >= 15 is 0 Å². The first-order valence-electron chi connectivity index (χ1n) is 10.4. The molecule has 158 valence electrons. The first-order valence-corrected chi connectivity index (χ1v) is 10.4. The third-order valence-electron chi connectivity index (χ3n) is 5.43. The molecule has 0 aliphatic carbocycles. The molecular formula is C23H28N4O3. The molecule has 3 heterocycles. The highest BCUT2D eigenvalue weighted by atomic mass is 16.5. The van der Waals surface area contributed by atoms with Gasteiger partial charge in [-0.2, -0.15) is 0 Å². The number of aryl methyl sites for hydroxylation is 1. The van der Waals surface area contributed by atoms with E-state index in [-0.39, 0.29) is 5.91 Å². The zero-order valence-corrected chi connectivity index (χ0v) is 17.6. The highest BCUT2D eigenvalue weighted by Gasteiger charge is 2.17. The molecule has 0 spiro atoms. The molecule has 7 heteroatoms. The maximum absolute atomic E-state index is 12.7. The van der Waals surface area contributed by atoms with Crippen LogP contribution in [0.3, 0.4) is 0 Å². The first kappa shape index (κ1) is 20.1. The second kappa shape index (κ2) is 9.07. The van der Waals surface area contributed by atoms with Gasteiger partial charge in [0.15, 0.2) is 0 Å². The van der Waals surface area contributed by atoms with E-state index in [9.17, 15) is 4.79 Å². The van der Waals surface area contributed by atoms with Crippen molar-refractivity contribution in [3.8, 4) is 11.5 Å². The van der Waals surface area contributed by atoms with E-state index in [4.69, 9.17) is 9.47 Å². The van der Waals surface area contributed by atoms with Crippen LogP contribution in [0.2, 0.25) is 0 Å². The molecule has 0 saturated carbocycles. The van der Waals surface area contributed by atoms with Crippen LogP contribution in [0.25, 0.3) is 5.65 Å². The molecule has 1 aliphatic heterocycles. The molecule has 1 N–H and O–H groups in total. The Balaban J connectivity index is 1.31. The van der Waals surface area contributed by atoms with E-state index in [2.05, 4.69) is 27.3 Å². The number of methoxy groups -OCH3 is 1. The molecule has 1 aromatic carbocycles. The van der Waals surface area contributed by atoms with Crippen LogP contribution in [-0.4, -0.2) is 48.6 Å². The molecule has 0 bridgehead atoms. The second-order valence-electron chi connectivity index (χ2n) is 7.49. The number of aromatic nitrogens is 2. The van der Waals surface area contributed by atoms with Crippen LogP contribution in [0.15, 0.2) is 42.6 Å². The maximum atomic E-state index is 12.7. The van der Waals surface area contributed by atoms with E-state index in [0.29, 0.717) is 35.9 Å². The largest absolute Gasteiger partial charge is 0.495 e. The first-order chi connectivity index (χ1) is 14.7. The minimum absolute atomic E-state index is 0.183. The van der Waals surface area contributed by atoms with Gasteiger partial charge in [-0.25, -0.2) is 4.98 Å². The number of nitrogens with one attached hydrogen (secondary N) is 1. The van der Waals surface area contributed by atoms with Crippen molar-refractivity contribution in [3.63, 3.8) is 0 Å².